The third kappa shape index (κ3) is 37.6. The minimum Gasteiger partial charge on any atom is -0.696 e. The lowest BCUT2D eigenvalue weighted by atomic mass is 10.0. The van der Waals surface area contributed by atoms with Crippen molar-refractivity contribution < 1.29 is 4.48 Å². The topological polar surface area (TPSA) is 23.8 Å². The third-order valence-electron chi connectivity index (χ3n) is 9.15. The lowest BCUT2D eigenvalue weighted by Crippen LogP contribution is -2.46. The van der Waals surface area contributed by atoms with Crippen molar-refractivity contribution in [2.45, 2.75) is 213 Å². The number of hydrogen-bond donors (Lipinski definition) is 0. The molecule has 0 saturated heterocycles. The molecule has 0 aliphatic carbocycles. The first-order valence-corrected chi connectivity index (χ1v) is 19.4. The van der Waals surface area contributed by atoms with Crippen LogP contribution < -0.4 is 0 Å². The van der Waals surface area contributed by atoms with Crippen molar-refractivity contribution in [1.82, 2.24) is 0 Å². The van der Waals surface area contributed by atoms with E-state index in [-0.39, 0.29) is 0 Å². The van der Waals surface area contributed by atoms with Gasteiger partial charge < -0.3 is 17.1 Å². The molecule has 0 radical (unpaired) electrons. The SMILES string of the molecule is CCCCCCCCCCCC[N+](C)(CCCCCCCCCCCC)CCCCCCCCCCCC.N#C[S-]. The number of nitrogens with zero attached hydrogens (tertiary/aromatic N) is 2. The Labute approximate surface area is 267 Å². The van der Waals surface area contributed by atoms with Crippen LogP contribution in [0.3, 0.4) is 0 Å². The Morgan fingerprint density at radius 1 is 0.366 bits per heavy atom. The van der Waals surface area contributed by atoms with Gasteiger partial charge in [-0.2, -0.15) is 0 Å². The predicted octanol–water partition coefficient (Wildman–Crippen LogP) is 13.2. The van der Waals surface area contributed by atoms with Crippen LogP contribution in [0.15, 0.2) is 0 Å². The molecule has 0 rings (SSSR count). The van der Waals surface area contributed by atoms with E-state index in [4.69, 9.17) is 5.26 Å². The Kier molecular flexibility index (Phi) is 39.4. The minimum absolute atomic E-state index is 1.33. The second kappa shape index (κ2) is 37.7. The number of rotatable bonds is 33. The molecule has 0 amide bonds. The summed E-state index contributed by atoms with van der Waals surface area (Å²) in [6.07, 6.45) is 43.8. The normalized spacial score (nSPS) is 11.3. The number of nitriles is 1. The first-order chi connectivity index (χ1) is 20.1. The number of unbranched alkanes of at least 4 members (excludes halogenated alkanes) is 27. The largest absolute Gasteiger partial charge is 0.696 e. The summed E-state index contributed by atoms with van der Waals surface area (Å²) in [5, 5.41) is 8.47. The zero-order chi connectivity index (χ0) is 30.5. The lowest BCUT2D eigenvalue weighted by Gasteiger charge is -2.35. The maximum atomic E-state index is 7.13. The molecule has 0 N–H and O–H groups in total. The molecule has 0 aromatic carbocycles. The molecule has 0 atom stereocenters. The number of hydrogen-bond acceptors (Lipinski definition) is 2. The minimum atomic E-state index is 1.33. The van der Waals surface area contributed by atoms with E-state index in [1.165, 1.54) is 222 Å². The smallest absolute Gasteiger partial charge is 0.0784 e. The van der Waals surface area contributed by atoms with E-state index in [0.29, 0.717) is 0 Å². The number of quaternary nitrogens is 1. The summed E-state index contributed by atoms with van der Waals surface area (Å²) in [5.74, 6) is 0. The highest BCUT2D eigenvalue weighted by Gasteiger charge is 2.20. The zero-order valence-corrected chi connectivity index (χ0v) is 30.0. The summed E-state index contributed by atoms with van der Waals surface area (Å²) in [6, 6.07) is 0. The predicted molar refractivity (Wildman–Crippen MR) is 189 cm³/mol. The quantitative estimate of drug-likeness (QED) is 0.0326. The molecule has 0 bridgehead atoms. The van der Waals surface area contributed by atoms with Crippen molar-refractivity contribution in [1.29, 1.82) is 5.26 Å². The Bertz CT molecular complexity index is 441. The van der Waals surface area contributed by atoms with Gasteiger partial charge >= 0.3 is 0 Å². The second-order valence-electron chi connectivity index (χ2n) is 13.4. The van der Waals surface area contributed by atoms with E-state index in [2.05, 4.69) is 40.4 Å². The van der Waals surface area contributed by atoms with Crippen LogP contribution in [-0.2, 0) is 12.6 Å². The summed E-state index contributed by atoms with van der Waals surface area (Å²) in [4.78, 5) is 0. The summed E-state index contributed by atoms with van der Waals surface area (Å²) in [5.41, 5.74) is 0. The second-order valence-corrected chi connectivity index (χ2v) is 13.6. The molecule has 2 nitrogen and oxygen atoms in total. The van der Waals surface area contributed by atoms with Crippen LogP contribution in [0.5, 0.6) is 0 Å². The molecule has 0 spiro atoms. The first kappa shape index (κ1) is 42.8. The van der Waals surface area contributed by atoms with Crippen molar-refractivity contribution in [3.8, 4) is 5.40 Å². The van der Waals surface area contributed by atoms with Gasteiger partial charge in [0, 0.05) is 0 Å². The van der Waals surface area contributed by atoms with Crippen molar-refractivity contribution >= 4 is 12.6 Å². The molecule has 0 aromatic heterocycles. The summed E-state index contributed by atoms with van der Waals surface area (Å²) < 4.78 is 1.37. The fourth-order valence-electron chi connectivity index (χ4n) is 6.28. The van der Waals surface area contributed by atoms with Gasteiger partial charge in [-0.15, -0.1) is 0 Å². The number of thiocyanates is 1. The van der Waals surface area contributed by atoms with Crippen molar-refractivity contribution in [2.24, 2.45) is 0 Å². The van der Waals surface area contributed by atoms with E-state index in [9.17, 15) is 0 Å². The highest BCUT2D eigenvalue weighted by molar-refractivity contribution is 7.64. The van der Waals surface area contributed by atoms with E-state index in [0.717, 1.165) is 0 Å². The van der Waals surface area contributed by atoms with E-state index in [1.807, 2.05) is 0 Å². The Morgan fingerprint density at radius 3 is 0.683 bits per heavy atom. The maximum absolute atomic E-state index is 7.13. The van der Waals surface area contributed by atoms with Crippen LogP contribution in [0.1, 0.15) is 213 Å². The van der Waals surface area contributed by atoms with Crippen LogP contribution in [0.4, 0.5) is 0 Å². The fourth-order valence-corrected chi connectivity index (χ4v) is 6.28. The van der Waals surface area contributed by atoms with E-state index >= 15 is 0 Å². The molecule has 0 heterocycles. The Morgan fingerprint density at radius 2 is 0.512 bits per heavy atom. The monoisotopic (exact) mass is 595 g/mol. The summed E-state index contributed by atoms with van der Waals surface area (Å²) in [7, 11) is 2.61. The van der Waals surface area contributed by atoms with Gasteiger partial charge in [0.25, 0.3) is 0 Å². The zero-order valence-electron chi connectivity index (χ0n) is 29.1. The van der Waals surface area contributed by atoms with Gasteiger partial charge in [0.1, 0.15) is 0 Å². The van der Waals surface area contributed by atoms with Gasteiger partial charge in [0.2, 0.25) is 0 Å². The molecule has 246 valence electrons. The standard InChI is InChI=1S/C37H78N.CHNS/c1-5-8-11-14-17-20-23-26-29-32-35-38(4,36-33-30-27-24-21-18-15-12-9-6-2)37-34-31-28-25-22-19-16-13-10-7-3;2-1-3/h5-37H2,1-4H3;3H/q+1;/p-1. The van der Waals surface area contributed by atoms with Gasteiger partial charge in [0.15, 0.2) is 0 Å². The highest BCUT2D eigenvalue weighted by Crippen LogP contribution is 2.18. The molecule has 41 heavy (non-hydrogen) atoms. The van der Waals surface area contributed by atoms with Crippen LogP contribution in [0.2, 0.25) is 0 Å². The van der Waals surface area contributed by atoms with E-state index in [1.54, 1.807) is 0 Å². The average Bonchev–Trinajstić information content (AvgIpc) is 2.96. The molecule has 0 aliphatic rings. The lowest BCUT2D eigenvalue weighted by molar-refractivity contribution is -0.910. The third-order valence-corrected chi connectivity index (χ3v) is 9.15. The van der Waals surface area contributed by atoms with Gasteiger partial charge in [-0.05, 0) is 38.5 Å². The molecule has 0 fully saturated rings. The average molecular weight is 595 g/mol. The highest BCUT2D eigenvalue weighted by atomic mass is 32.1. The fraction of sp³-hybridized carbons (Fsp3) is 0.974. The van der Waals surface area contributed by atoms with Gasteiger partial charge in [-0.3, -0.25) is 0 Å². The van der Waals surface area contributed by atoms with Crippen molar-refractivity contribution in [3.63, 3.8) is 0 Å². The molecule has 0 unspecified atom stereocenters. The molecule has 3 heteroatoms. The Hall–Kier alpha value is -0.330. The Balaban J connectivity index is 0. The molecular weight excluding hydrogens is 516 g/mol. The van der Waals surface area contributed by atoms with Gasteiger partial charge in [0.05, 0.1) is 26.7 Å². The van der Waals surface area contributed by atoms with Crippen LogP contribution in [-0.4, -0.2) is 31.2 Å². The van der Waals surface area contributed by atoms with Gasteiger partial charge in [-0.1, -0.05) is 180 Å². The molecular formula is C38H78N2S. The van der Waals surface area contributed by atoms with Crippen molar-refractivity contribution in [2.75, 3.05) is 26.7 Å². The van der Waals surface area contributed by atoms with Crippen molar-refractivity contribution in [3.05, 3.63) is 0 Å². The first-order valence-electron chi connectivity index (χ1n) is 18.9. The molecule has 0 saturated carbocycles. The van der Waals surface area contributed by atoms with Crippen LogP contribution in [0, 0.1) is 10.7 Å². The van der Waals surface area contributed by atoms with Gasteiger partial charge in [-0.25, -0.2) is 5.26 Å². The molecule has 0 aromatic rings. The molecule has 0 aliphatic heterocycles. The van der Waals surface area contributed by atoms with Crippen LogP contribution in [0.25, 0.3) is 0 Å². The summed E-state index contributed by atoms with van der Waals surface area (Å²) in [6.45, 7) is 11.3. The van der Waals surface area contributed by atoms with Crippen LogP contribution >= 0.6 is 0 Å². The summed E-state index contributed by atoms with van der Waals surface area (Å²) >= 11 is 3.70. The maximum Gasteiger partial charge on any atom is 0.0784 e. The van der Waals surface area contributed by atoms with E-state index < -0.39 is 0 Å².